The SMILES string of the molecule is CCCCN(Cc1ccccc1)[C@H](C)C(=O)O. The zero-order valence-electron chi connectivity index (χ0n) is 10.6. The number of nitrogens with zero attached hydrogens (tertiary/aromatic N) is 1. The number of carboxylic acids is 1. The zero-order chi connectivity index (χ0) is 12.7. The van der Waals surface area contributed by atoms with Gasteiger partial charge in [0.15, 0.2) is 0 Å². The fraction of sp³-hybridized carbons (Fsp3) is 0.500. The largest absolute Gasteiger partial charge is 0.480 e. The van der Waals surface area contributed by atoms with E-state index in [-0.39, 0.29) is 0 Å². The molecule has 0 saturated carbocycles. The summed E-state index contributed by atoms with van der Waals surface area (Å²) >= 11 is 0. The van der Waals surface area contributed by atoms with Gasteiger partial charge in [0, 0.05) is 6.54 Å². The summed E-state index contributed by atoms with van der Waals surface area (Å²) in [6.45, 7) is 5.40. The molecule has 0 bridgehead atoms. The van der Waals surface area contributed by atoms with E-state index in [4.69, 9.17) is 5.11 Å². The lowest BCUT2D eigenvalue weighted by Crippen LogP contribution is -2.39. The lowest BCUT2D eigenvalue weighted by molar-refractivity contribution is -0.142. The van der Waals surface area contributed by atoms with Gasteiger partial charge in [-0.15, -0.1) is 0 Å². The van der Waals surface area contributed by atoms with E-state index in [9.17, 15) is 4.79 Å². The van der Waals surface area contributed by atoms with Crippen LogP contribution in [-0.2, 0) is 11.3 Å². The maximum Gasteiger partial charge on any atom is 0.320 e. The van der Waals surface area contributed by atoms with Crippen molar-refractivity contribution < 1.29 is 9.90 Å². The van der Waals surface area contributed by atoms with Crippen molar-refractivity contribution in [3.63, 3.8) is 0 Å². The van der Waals surface area contributed by atoms with Crippen LogP contribution in [0.4, 0.5) is 0 Å². The van der Waals surface area contributed by atoms with Crippen molar-refractivity contribution in [1.82, 2.24) is 4.90 Å². The van der Waals surface area contributed by atoms with E-state index in [0.717, 1.165) is 24.9 Å². The molecule has 0 amide bonds. The summed E-state index contributed by atoms with van der Waals surface area (Å²) < 4.78 is 0. The molecule has 1 N–H and O–H groups in total. The third-order valence-corrected chi connectivity index (χ3v) is 2.93. The average Bonchev–Trinajstić information content (AvgIpc) is 2.34. The van der Waals surface area contributed by atoms with Gasteiger partial charge in [0.1, 0.15) is 6.04 Å². The molecule has 1 rings (SSSR count). The molecule has 0 fully saturated rings. The second-order valence-electron chi connectivity index (χ2n) is 4.32. The molecular formula is C14H21NO2. The van der Waals surface area contributed by atoms with E-state index < -0.39 is 12.0 Å². The molecule has 3 nitrogen and oxygen atoms in total. The molecule has 0 aromatic heterocycles. The minimum Gasteiger partial charge on any atom is -0.480 e. The van der Waals surface area contributed by atoms with Gasteiger partial charge in [0.25, 0.3) is 0 Å². The average molecular weight is 235 g/mol. The first-order valence-electron chi connectivity index (χ1n) is 6.16. The molecule has 3 heteroatoms. The van der Waals surface area contributed by atoms with Crippen molar-refractivity contribution in [2.24, 2.45) is 0 Å². The maximum atomic E-state index is 11.1. The van der Waals surface area contributed by atoms with Crippen molar-refractivity contribution in [3.8, 4) is 0 Å². The third kappa shape index (κ3) is 4.57. The number of rotatable bonds is 7. The Kier molecular flexibility index (Phi) is 5.70. The summed E-state index contributed by atoms with van der Waals surface area (Å²) in [6.07, 6.45) is 2.11. The van der Waals surface area contributed by atoms with E-state index in [1.54, 1.807) is 6.92 Å². The summed E-state index contributed by atoms with van der Waals surface area (Å²) in [4.78, 5) is 13.1. The van der Waals surface area contributed by atoms with Gasteiger partial charge in [-0.05, 0) is 25.5 Å². The predicted octanol–water partition coefficient (Wildman–Crippen LogP) is 2.76. The number of carbonyl (C=O) groups is 1. The molecule has 0 spiro atoms. The Morgan fingerprint density at radius 1 is 1.35 bits per heavy atom. The van der Waals surface area contributed by atoms with Crippen LogP contribution in [0.5, 0.6) is 0 Å². The lowest BCUT2D eigenvalue weighted by atomic mass is 10.1. The van der Waals surface area contributed by atoms with E-state index >= 15 is 0 Å². The van der Waals surface area contributed by atoms with Crippen molar-refractivity contribution >= 4 is 5.97 Å². The van der Waals surface area contributed by atoms with Crippen LogP contribution in [-0.4, -0.2) is 28.6 Å². The standard InChI is InChI=1S/C14H21NO2/c1-3-4-10-15(12(2)14(16)17)11-13-8-6-5-7-9-13/h5-9,12H,3-4,10-11H2,1-2H3,(H,16,17)/t12-/m1/s1. The number of hydrogen-bond donors (Lipinski definition) is 1. The van der Waals surface area contributed by atoms with Gasteiger partial charge in [0.05, 0.1) is 0 Å². The van der Waals surface area contributed by atoms with Crippen LogP contribution >= 0.6 is 0 Å². The molecule has 94 valence electrons. The van der Waals surface area contributed by atoms with Crippen molar-refractivity contribution in [3.05, 3.63) is 35.9 Å². The Bertz CT molecular complexity index is 337. The van der Waals surface area contributed by atoms with Gasteiger partial charge >= 0.3 is 5.97 Å². The van der Waals surface area contributed by atoms with Crippen LogP contribution in [0, 0.1) is 0 Å². The molecule has 0 unspecified atom stereocenters. The van der Waals surface area contributed by atoms with Gasteiger partial charge in [-0.3, -0.25) is 9.69 Å². The highest BCUT2D eigenvalue weighted by atomic mass is 16.4. The topological polar surface area (TPSA) is 40.5 Å². The molecule has 0 aliphatic heterocycles. The van der Waals surface area contributed by atoms with Crippen molar-refractivity contribution in [2.45, 2.75) is 39.3 Å². The van der Waals surface area contributed by atoms with Gasteiger partial charge in [0.2, 0.25) is 0 Å². The molecular weight excluding hydrogens is 214 g/mol. The second kappa shape index (κ2) is 7.07. The van der Waals surface area contributed by atoms with Crippen molar-refractivity contribution in [2.75, 3.05) is 6.54 Å². The van der Waals surface area contributed by atoms with Crippen LogP contribution in [0.15, 0.2) is 30.3 Å². The Hall–Kier alpha value is -1.35. The summed E-state index contributed by atoms with van der Waals surface area (Å²) in [5.41, 5.74) is 1.16. The van der Waals surface area contributed by atoms with Gasteiger partial charge < -0.3 is 5.11 Å². The van der Waals surface area contributed by atoms with E-state index in [1.807, 2.05) is 35.2 Å². The molecule has 17 heavy (non-hydrogen) atoms. The lowest BCUT2D eigenvalue weighted by Gasteiger charge is -2.26. The quantitative estimate of drug-likeness (QED) is 0.790. The third-order valence-electron chi connectivity index (χ3n) is 2.93. The number of benzene rings is 1. The normalized spacial score (nSPS) is 12.6. The summed E-state index contributed by atoms with van der Waals surface area (Å²) in [5.74, 6) is -0.753. The van der Waals surface area contributed by atoms with Crippen LogP contribution in [0.3, 0.4) is 0 Å². The summed E-state index contributed by atoms with van der Waals surface area (Å²) in [5, 5.41) is 9.09. The molecule has 0 aliphatic rings. The fourth-order valence-corrected chi connectivity index (χ4v) is 1.74. The van der Waals surface area contributed by atoms with E-state index in [2.05, 4.69) is 6.92 Å². The van der Waals surface area contributed by atoms with Gasteiger partial charge in [-0.25, -0.2) is 0 Å². The summed E-state index contributed by atoms with van der Waals surface area (Å²) in [7, 11) is 0. The number of aliphatic carboxylic acids is 1. The Balaban J connectivity index is 2.66. The summed E-state index contributed by atoms with van der Waals surface area (Å²) in [6, 6.07) is 9.58. The maximum absolute atomic E-state index is 11.1. The van der Waals surface area contributed by atoms with Gasteiger partial charge in [-0.2, -0.15) is 0 Å². The molecule has 1 aromatic carbocycles. The zero-order valence-corrected chi connectivity index (χ0v) is 10.6. The van der Waals surface area contributed by atoms with Crippen LogP contribution in [0.2, 0.25) is 0 Å². The Morgan fingerprint density at radius 2 is 2.00 bits per heavy atom. The predicted molar refractivity (Wildman–Crippen MR) is 68.9 cm³/mol. The first-order valence-corrected chi connectivity index (χ1v) is 6.16. The molecule has 0 aliphatic carbocycles. The van der Waals surface area contributed by atoms with E-state index in [1.165, 1.54) is 0 Å². The first-order chi connectivity index (χ1) is 8.15. The Morgan fingerprint density at radius 3 is 2.53 bits per heavy atom. The second-order valence-corrected chi connectivity index (χ2v) is 4.32. The highest BCUT2D eigenvalue weighted by Gasteiger charge is 2.19. The van der Waals surface area contributed by atoms with E-state index in [0.29, 0.717) is 6.54 Å². The molecule has 1 aromatic rings. The van der Waals surface area contributed by atoms with Crippen LogP contribution in [0.25, 0.3) is 0 Å². The number of hydrogen-bond acceptors (Lipinski definition) is 2. The van der Waals surface area contributed by atoms with Gasteiger partial charge in [-0.1, -0.05) is 43.7 Å². The highest BCUT2D eigenvalue weighted by Crippen LogP contribution is 2.10. The molecule has 0 saturated heterocycles. The smallest absolute Gasteiger partial charge is 0.320 e. The number of carboxylic acid groups (broad SMARTS) is 1. The monoisotopic (exact) mass is 235 g/mol. The minimum absolute atomic E-state index is 0.429. The minimum atomic E-state index is -0.753. The molecule has 1 atom stereocenters. The van der Waals surface area contributed by atoms with Crippen LogP contribution in [0.1, 0.15) is 32.3 Å². The highest BCUT2D eigenvalue weighted by molar-refractivity contribution is 5.72. The van der Waals surface area contributed by atoms with Crippen LogP contribution < -0.4 is 0 Å². The van der Waals surface area contributed by atoms with Crippen molar-refractivity contribution in [1.29, 1.82) is 0 Å². The molecule has 0 heterocycles. The Labute approximate surface area is 103 Å². The number of unbranched alkanes of at least 4 members (excludes halogenated alkanes) is 1. The molecule has 0 radical (unpaired) electrons. The first kappa shape index (κ1) is 13.7. The fourth-order valence-electron chi connectivity index (χ4n) is 1.74.